The number of nitrogens with zero attached hydrogens (tertiary/aromatic N) is 2. The van der Waals surface area contributed by atoms with Gasteiger partial charge >= 0.3 is 0 Å². The highest BCUT2D eigenvalue weighted by molar-refractivity contribution is 7.99. The number of allylic oxidation sites excluding steroid dienone is 1. The van der Waals surface area contributed by atoms with Gasteiger partial charge in [-0.3, -0.25) is 9.36 Å². The molecule has 0 aromatic carbocycles. The summed E-state index contributed by atoms with van der Waals surface area (Å²) >= 11 is 3.28. The van der Waals surface area contributed by atoms with Crippen LogP contribution in [-0.4, -0.2) is 15.3 Å². The number of rotatable bonds is 5. The van der Waals surface area contributed by atoms with E-state index in [1.165, 1.54) is 10.4 Å². The Balaban J connectivity index is 2.13. The van der Waals surface area contributed by atoms with Crippen molar-refractivity contribution in [3.05, 3.63) is 46.1 Å². The highest BCUT2D eigenvalue weighted by Gasteiger charge is 2.32. The maximum absolute atomic E-state index is 13.2. The highest BCUT2D eigenvalue weighted by atomic mass is 32.2. The molecule has 0 aliphatic heterocycles. The van der Waals surface area contributed by atoms with Gasteiger partial charge in [0.05, 0.1) is 5.39 Å². The van der Waals surface area contributed by atoms with E-state index >= 15 is 0 Å². The van der Waals surface area contributed by atoms with E-state index in [0.717, 1.165) is 40.4 Å². The normalized spacial score (nSPS) is 17.5. The lowest BCUT2D eigenvalue weighted by Crippen LogP contribution is -2.27. The Morgan fingerprint density at radius 3 is 2.76 bits per heavy atom. The zero-order chi connectivity index (χ0) is 18.2. The van der Waals surface area contributed by atoms with Crippen molar-refractivity contribution in [1.82, 2.24) is 9.55 Å². The van der Waals surface area contributed by atoms with Gasteiger partial charge in [-0.1, -0.05) is 44.7 Å². The molecule has 5 heteroatoms. The van der Waals surface area contributed by atoms with Crippen molar-refractivity contribution in [3.63, 3.8) is 0 Å². The van der Waals surface area contributed by atoms with E-state index in [9.17, 15) is 4.79 Å². The second-order valence-corrected chi connectivity index (χ2v) is 9.76. The summed E-state index contributed by atoms with van der Waals surface area (Å²) in [6.45, 7) is 15.0. The number of hydrogen-bond donors (Lipinski definition) is 0. The molecule has 0 fully saturated rings. The predicted octanol–water partition coefficient (Wildman–Crippen LogP) is 5.07. The average Bonchev–Trinajstić information content (AvgIpc) is 2.92. The molecule has 0 spiro atoms. The molecular formula is C20H26N2OS2. The topological polar surface area (TPSA) is 34.9 Å². The maximum Gasteiger partial charge on any atom is 0.263 e. The van der Waals surface area contributed by atoms with Gasteiger partial charge in [0.25, 0.3) is 5.56 Å². The second kappa shape index (κ2) is 7.12. The Kier molecular flexibility index (Phi) is 5.26. The Bertz CT molecular complexity index is 870. The van der Waals surface area contributed by atoms with E-state index in [0.29, 0.717) is 17.9 Å². The smallest absolute Gasteiger partial charge is 0.263 e. The Morgan fingerprint density at radius 1 is 1.36 bits per heavy atom. The summed E-state index contributed by atoms with van der Waals surface area (Å²) in [5.41, 5.74) is 1.63. The Hall–Kier alpha value is -1.33. The van der Waals surface area contributed by atoms with Gasteiger partial charge in [0.2, 0.25) is 0 Å². The van der Waals surface area contributed by atoms with Crippen LogP contribution in [0.3, 0.4) is 0 Å². The lowest BCUT2D eigenvalue weighted by Gasteiger charge is -2.33. The third-order valence-electron chi connectivity index (χ3n) is 5.00. The van der Waals surface area contributed by atoms with Crippen molar-refractivity contribution in [2.75, 3.05) is 5.75 Å². The Morgan fingerprint density at radius 2 is 2.12 bits per heavy atom. The van der Waals surface area contributed by atoms with Gasteiger partial charge in [0.15, 0.2) is 5.16 Å². The van der Waals surface area contributed by atoms with E-state index in [2.05, 4.69) is 33.9 Å². The fraction of sp³-hybridized carbons (Fsp3) is 0.500. The Labute approximate surface area is 157 Å². The zero-order valence-corrected chi connectivity index (χ0v) is 16.9. The standard InChI is InChI=1S/C20H26N2OS2/c1-6-10-22-18(23)16-14-9-8-13(20(3,4)5)12-15(14)25-17(16)21-19(22)24-11-7-2/h6-7,13H,1-2,8-12H2,3-5H3. The fourth-order valence-electron chi connectivity index (χ4n) is 3.51. The molecule has 0 amide bonds. The first-order valence-corrected chi connectivity index (χ1v) is 10.6. The molecule has 1 aliphatic carbocycles. The van der Waals surface area contributed by atoms with Gasteiger partial charge in [-0.15, -0.1) is 24.5 Å². The summed E-state index contributed by atoms with van der Waals surface area (Å²) in [6, 6.07) is 0. The van der Waals surface area contributed by atoms with Crippen molar-refractivity contribution in [2.24, 2.45) is 11.3 Å². The van der Waals surface area contributed by atoms with Crippen LogP contribution in [0.4, 0.5) is 0 Å². The van der Waals surface area contributed by atoms with Crippen molar-refractivity contribution < 1.29 is 0 Å². The third kappa shape index (κ3) is 3.49. The molecule has 0 N–H and O–H groups in total. The van der Waals surface area contributed by atoms with Gasteiger partial charge in [0.1, 0.15) is 4.83 Å². The first-order chi connectivity index (χ1) is 11.9. The second-order valence-electron chi connectivity index (χ2n) is 7.69. The van der Waals surface area contributed by atoms with E-state index in [1.54, 1.807) is 33.7 Å². The number of thioether (sulfide) groups is 1. The SMILES string of the molecule is C=CCSc1nc2sc3c(c2c(=O)n1CC=C)CCC(C(C)(C)C)C3. The number of thiophene rings is 1. The van der Waals surface area contributed by atoms with E-state index in [-0.39, 0.29) is 5.56 Å². The molecule has 0 saturated carbocycles. The molecule has 25 heavy (non-hydrogen) atoms. The predicted molar refractivity (Wildman–Crippen MR) is 110 cm³/mol. The molecule has 0 saturated heterocycles. The third-order valence-corrected chi connectivity index (χ3v) is 7.12. The maximum atomic E-state index is 13.2. The van der Waals surface area contributed by atoms with Crippen LogP contribution < -0.4 is 5.56 Å². The van der Waals surface area contributed by atoms with Crippen LogP contribution in [0.1, 0.15) is 37.6 Å². The first-order valence-electron chi connectivity index (χ1n) is 8.76. The van der Waals surface area contributed by atoms with Crippen LogP contribution in [0.2, 0.25) is 0 Å². The first kappa shape index (κ1) is 18.5. The summed E-state index contributed by atoms with van der Waals surface area (Å²) in [6.07, 6.45) is 6.81. The van der Waals surface area contributed by atoms with Crippen LogP contribution in [0.5, 0.6) is 0 Å². The minimum atomic E-state index is 0.0863. The molecule has 1 aliphatic rings. The van der Waals surface area contributed by atoms with Crippen molar-refractivity contribution in [3.8, 4) is 0 Å². The lowest BCUT2D eigenvalue weighted by atomic mass is 9.72. The molecule has 3 rings (SSSR count). The van der Waals surface area contributed by atoms with Gasteiger partial charge in [-0.2, -0.15) is 0 Å². The quantitative estimate of drug-likeness (QED) is 0.416. The summed E-state index contributed by atoms with van der Waals surface area (Å²) in [4.78, 5) is 20.3. The minimum absolute atomic E-state index is 0.0863. The van der Waals surface area contributed by atoms with Crippen molar-refractivity contribution >= 4 is 33.3 Å². The summed E-state index contributed by atoms with van der Waals surface area (Å²) in [7, 11) is 0. The molecule has 2 aromatic heterocycles. The van der Waals surface area contributed by atoms with Gasteiger partial charge in [-0.05, 0) is 36.2 Å². The highest BCUT2D eigenvalue weighted by Crippen LogP contribution is 2.42. The molecule has 2 aromatic rings. The number of hydrogen-bond acceptors (Lipinski definition) is 4. The van der Waals surface area contributed by atoms with Crippen molar-refractivity contribution in [1.29, 1.82) is 0 Å². The molecule has 134 valence electrons. The lowest BCUT2D eigenvalue weighted by molar-refractivity contribution is 0.218. The summed E-state index contributed by atoms with van der Waals surface area (Å²) < 4.78 is 1.76. The van der Waals surface area contributed by atoms with E-state index in [1.807, 2.05) is 6.08 Å². The number of fused-ring (bicyclic) bond motifs is 3. The molecule has 1 atom stereocenters. The van der Waals surface area contributed by atoms with Crippen LogP contribution >= 0.6 is 23.1 Å². The number of aromatic nitrogens is 2. The van der Waals surface area contributed by atoms with Gasteiger partial charge in [-0.25, -0.2) is 4.98 Å². The van der Waals surface area contributed by atoms with Crippen molar-refractivity contribution in [2.45, 2.75) is 51.7 Å². The largest absolute Gasteiger partial charge is 0.283 e. The van der Waals surface area contributed by atoms with Crippen LogP contribution in [0.25, 0.3) is 10.2 Å². The minimum Gasteiger partial charge on any atom is -0.283 e. The van der Waals surface area contributed by atoms with Gasteiger partial charge < -0.3 is 0 Å². The molecule has 1 unspecified atom stereocenters. The fourth-order valence-corrected chi connectivity index (χ4v) is 5.60. The monoisotopic (exact) mass is 374 g/mol. The molecule has 2 heterocycles. The van der Waals surface area contributed by atoms with Crippen LogP contribution in [0, 0.1) is 11.3 Å². The molecule has 0 bridgehead atoms. The average molecular weight is 375 g/mol. The molecular weight excluding hydrogens is 348 g/mol. The molecule has 3 nitrogen and oxygen atoms in total. The van der Waals surface area contributed by atoms with E-state index in [4.69, 9.17) is 4.98 Å². The zero-order valence-electron chi connectivity index (χ0n) is 15.3. The summed E-state index contributed by atoms with van der Waals surface area (Å²) in [5, 5.41) is 1.61. The van der Waals surface area contributed by atoms with Gasteiger partial charge in [0, 0.05) is 17.2 Å². The summed E-state index contributed by atoms with van der Waals surface area (Å²) in [5.74, 6) is 1.41. The van der Waals surface area contributed by atoms with E-state index < -0.39 is 0 Å². The van der Waals surface area contributed by atoms with Crippen LogP contribution in [0.15, 0.2) is 35.3 Å². The molecule has 0 radical (unpaired) electrons. The van der Waals surface area contributed by atoms with Crippen LogP contribution in [-0.2, 0) is 19.4 Å². The number of aryl methyl sites for hydroxylation is 1.